The first-order valence-corrected chi connectivity index (χ1v) is 11.9. The maximum atomic E-state index is 12.0. The third-order valence-electron chi connectivity index (χ3n) is 10.6. The normalized spacial score (nSPS) is 45.0. The number of benzene rings is 1. The number of fused-ring (bicyclic) bond motifs is 2. The highest BCUT2D eigenvalue weighted by Gasteiger charge is 2.81. The number of rotatable bonds is 2. The zero-order valence-electron chi connectivity index (χ0n) is 19.4. The van der Waals surface area contributed by atoms with E-state index >= 15 is 0 Å². The molecular weight excluding hydrogens is 374 g/mol. The van der Waals surface area contributed by atoms with Crippen LogP contribution in [-0.2, 0) is 16.6 Å². The molecule has 0 aromatic heterocycles. The third kappa shape index (κ3) is 1.81. The van der Waals surface area contributed by atoms with Gasteiger partial charge in [-0.25, -0.2) is 0 Å². The molecule has 4 fully saturated rings. The van der Waals surface area contributed by atoms with Gasteiger partial charge in [-0.2, -0.15) is 0 Å². The van der Waals surface area contributed by atoms with Crippen LogP contribution in [-0.4, -0.2) is 42.1 Å². The topological polar surface area (TPSA) is 50.7 Å². The lowest BCUT2D eigenvalue weighted by molar-refractivity contribution is -0.303. The molecule has 2 N–H and O–H groups in total. The average molecular weight is 412 g/mol. The van der Waals surface area contributed by atoms with Crippen LogP contribution in [0.25, 0.3) is 0 Å². The van der Waals surface area contributed by atoms with Crippen molar-refractivity contribution in [3.05, 3.63) is 28.8 Å². The van der Waals surface area contributed by atoms with Crippen molar-refractivity contribution in [3.8, 4) is 5.75 Å². The Bertz CT molecular complexity index is 933. The first-order valence-electron chi connectivity index (χ1n) is 11.9. The number of aliphatic hydroxyl groups is 1. The van der Waals surface area contributed by atoms with Gasteiger partial charge in [-0.3, -0.25) is 0 Å². The molecule has 4 nitrogen and oxygen atoms in total. The largest absolute Gasteiger partial charge is 0.486 e. The van der Waals surface area contributed by atoms with Gasteiger partial charge < -0.3 is 19.9 Å². The van der Waals surface area contributed by atoms with Gasteiger partial charge in [0.15, 0.2) is 0 Å². The lowest BCUT2D eigenvalue weighted by atomic mass is 9.33. The van der Waals surface area contributed by atoms with E-state index < -0.39 is 11.2 Å². The molecule has 0 radical (unpaired) electrons. The van der Waals surface area contributed by atoms with Gasteiger partial charge in [-0.1, -0.05) is 32.9 Å². The van der Waals surface area contributed by atoms with E-state index in [2.05, 4.69) is 45.1 Å². The molecule has 4 bridgehead atoms. The SMILES string of the molecule is CO[C@]12CC[C@@]3(C[C@@H]1[C@](C)(O)C(C)(C)C)[C@H]1Cc4ccc(C)c5c4[C@@]3(CCN1)[C@H]2O5. The predicted octanol–water partition coefficient (Wildman–Crippen LogP) is 3.89. The van der Waals surface area contributed by atoms with Gasteiger partial charge in [-0.05, 0) is 69.0 Å². The molecule has 7 rings (SSSR count). The molecule has 1 aromatic rings. The highest BCUT2D eigenvalue weighted by atomic mass is 16.6. The van der Waals surface area contributed by atoms with Crippen LogP contribution in [0.3, 0.4) is 0 Å². The zero-order chi connectivity index (χ0) is 21.3. The number of aryl methyl sites for hydroxylation is 1. The Morgan fingerprint density at radius 3 is 2.63 bits per heavy atom. The quantitative estimate of drug-likeness (QED) is 0.775. The minimum atomic E-state index is -0.847. The summed E-state index contributed by atoms with van der Waals surface area (Å²) in [6.45, 7) is 11.8. The summed E-state index contributed by atoms with van der Waals surface area (Å²) in [5, 5.41) is 15.9. The van der Waals surface area contributed by atoms with Gasteiger partial charge in [0.25, 0.3) is 0 Å². The van der Waals surface area contributed by atoms with Gasteiger partial charge in [0.2, 0.25) is 0 Å². The van der Waals surface area contributed by atoms with E-state index in [0.717, 1.165) is 44.4 Å². The van der Waals surface area contributed by atoms with Gasteiger partial charge in [0.05, 0.1) is 5.60 Å². The summed E-state index contributed by atoms with van der Waals surface area (Å²) in [5.74, 6) is 1.17. The Hall–Kier alpha value is -1.10. The fraction of sp³-hybridized carbons (Fsp3) is 0.769. The molecule has 4 aliphatic carbocycles. The molecule has 30 heavy (non-hydrogen) atoms. The van der Waals surface area contributed by atoms with E-state index in [1.54, 1.807) is 0 Å². The van der Waals surface area contributed by atoms with E-state index in [9.17, 15) is 5.11 Å². The second kappa shape index (κ2) is 5.44. The van der Waals surface area contributed by atoms with Crippen LogP contribution < -0.4 is 10.1 Å². The summed E-state index contributed by atoms with van der Waals surface area (Å²) in [7, 11) is 1.86. The molecule has 1 aromatic carbocycles. The number of hydrogen-bond donors (Lipinski definition) is 2. The van der Waals surface area contributed by atoms with Crippen LogP contribution in [0.5, 0.6) is 5.75 Å². The summed E-state index contributed by atoms with van der Waals surface area (Å²) in [6, 6.07) is 5.03. The molecular formula is C26H37NO3. The maximum absolute atomic E-state index is 12.0. The van der Waals surface area contributed by atoms with Gasteiger partial charge >= 0.3 is 0 Å². The van der Waals surface area contributed by atoms with E-state index in [1.807, 2.05) is 14.0 Å². The minimum absolute atomic E-state index is 0.0105. The van der Waals surface area contributed by atoms with Crippen molar-refractivity contribution < 1.29 is 14.6 Å². The second-order valence-corrected chi connectivity index (χ2v) is 12.1. The van der Waals surface area contributed by atoms with Crippen molar-refractivity contribution in [1.29, 1.82) is 0 Å². The minimum Gasteiger partial charge on any atom is -0.486 e. The van der Waals surface area contributed by atoms with Crippen molar-refractivity contribution in [3.63, 3.8) is 0 Å². The monoisotopic (exact) mass is 411 g/mol. The third-order valence-corrected chi connectivity index (χ3v) is 10.6. The summed E-state index contributed by atoms with van der Waals surface area (Å²) >= 11 is 0. The van der Waals surface area contributed by atoms with E-state index in [0.29, 0.717) is 6.04 Å². The average Bonchev–Trinajstić information content (AvgIpc) is 3.05. The van der Waals surface area contributed by atoms with Crippen LogP contribution in [0.15, 0.2) is 12.1 Å². The summed E-state index contributed by atoms with van der Waals surface area (Å²) in [5.41, 5.74) is 2.81. The van der Waals surface area contributed by atoms with E-state index in [-0.39, 0.29) is 28.3 Å². The molecule has 2 aliphatic heterocycles. The van der Waals surface area contributed by atoms with Crippen LogP contribution in [0.1, 0.15) is 70.1 Å². The van der Waals surface area contributed by atoms with Gasteiger partial charge in [0, 0.05) is 35.5 Å². The number of methoxy groups -OCH3 is 1. The van der Waals surface area contributed by atoms with E-state index in [1.165, 1.54) is 16.7 Å². The smallest absolute Gasteiger partial charge is 0.138 e. The Kier molecular flexibility index (Phi) is 3.55. The molecule has 0 unspecified atom stereocenters. The number of nitrogens with one attached hydrogen (secondary N) is 1. The molecule has 164 valence electrons. The molecule has 2 spiro atoms. The Morgan fingerprint density at radius 2 is 1.93 bits per heavy atom. The van der Waals surface area contributed by atoms with Crippen LogP contribution in [0.4, 0.5) is 0 Å². The molecule has 6 aliphatic rings. The molecule has 1 saturated heterocycles. The van der Waals surface area contributed by atoms with Crippen molar-refractivity contribution in [2.75, 3.05) is 13.7 Å². The molecule has 0 amide bonds. The fourth-order valence-corrected chi connectivity index (χ4v) is 8.67. The Morgan fingerprint density at radius 1 is 1.17 bits per heavy atom. The Balaban J connectivity index is 1.65. The van der Waals surface area contributed by atoms with Crippen molar-refractivity contribution in [1.82, 2.24) is 5.32 Å². The predicted molar refractivity (Wildman–Crippen MR) is 117 cm³/mol. The van der Waals surface area contributed by atoms with Crippen molar-refractivity contribution in [2.45, 2.75) is 95.5 Å². The number of piperidine rings is 1. The first-order chi connectivity index (χ1) is 14.1. The molecule has 3 saturated carbocycles. The van der Waals surface area contributed by atoms with Gasteiger partial charge in [0.1, 0.15) is 17.5 Å². The lowest BCUT2D eigenvalue weighted by Crippen LogP contribution is -2.83. The van der Waals surface area contributed by atoms with Crippen LogP contribution in [0.2, 0.25) is 0 Å². The highest BCUT2D eigenvalue weighted by Crippen LogP contribution is 2.76. The lowest BCUT2D eigenvalue weighted by Gasteiger charge is -2.74. The van der Waals surface area contributed by atoms with Crippen molar-refractivity contribution in [2.24, 2.45) is 16.7 Å². The highest BCUT2D eigenvalue weighted by molar-refractivity contribution is 5.61. The van der Waals surface area contributed by atoms with E-state index in [4.69, 9.17) is 9.47 Å². The molecule has 4 heteroatoms. The van der Waals surface area contributed by atoms with Crippen LogP contribution in [0, 0.1) is 23.7 Å². The first kappa shape index (κ1) is 19.6. The Labute approximate surface area is 180 Å². The summed E-state index contributed by atoms with van der Waals surface area (Å²) < 4.78 is 13.5. The summed E-state index contributed by atoms with van der Waals surface area (Å²) in [6.07, 6.45) is 5.29. The zero-order valence-corrected chi connectivity index (χ0v) is 19.4. The summed E-state index contributed by atoms with van der Waals surface area (Å²) in [4.78, 5) is 0. The molecule has 7 atom stereocenters. The fourth-order valence-electron chi connectivity index (χ4n) is 8.67. The number of hydrogen-bond acceptors (Lipinski definition) is 4. The van der Waals surface area contributed by atoms with Gasteiger partial charge in [-0.15, -0.1) is 0 Å². The number of ether oxygens (including phenoxy) is 2. The molecule has 2 heterocycles. The second-order valence-electron chi connectivity index (χ2n) is 12.1. The maximum Gasteiger partial charge on any atom is 0.138 e. The van der Waals surface area contributed by atoms with Crippen molar-refractivity contribution >= 4 is 0 Å². The van der Waals surface area contributed by atoms with Crippen LogP contribution >= 0.6 is 0 Å². The standard InChI is InChI=1S/C26H37NO3/c1-15-7-8-16-13-18-24-9-10-26(29-6,17(14-24)23(5,28)22(2,3)4)21-25(24,11-12-27-18)19(16)20(15)30-21/h7-8,17-18,21,27-28H,9-14H2,1-6H3/t17-,18-,21-,23+,24-,25+,26-/m1/s1.